The van der Waals surface area contributed by atoms with E-state index in [2.05, 4.69) is 5.32 Å². The lowest BCUT2D eigenvalue weighted by Crippen LogP contribution is -2.61. The fourth-order valence-electron chi connectivity index (χ4n) is 3.16. The van der Waals surface area contributed by atoms with E-state index in [9.17, 15) is 4.79 Å². The summed E-state index contributed by atoms with van der Waals surface area (Å²) in [5.74, 6) is 0.403. The Kier molecular flexibility index (Phi) is 4.48. The van der Waals surface area contributed by atoms with E-state index in [4.69, 9.17) is 40.2 Å². The van der Waals surface area contributed by atoms with Gasteiger partial charge in [0.25, 0.3) is 0 Å². The van der Waals surface area contributed by atoms with Gasteiger partial charge >= 0.3 is 0 Å². The molecule has 1 saturated carbocycles. The number of anilines is 1. The molecule has 1 amide bonds. The zero-order chi connectivity index (χ0) is 15.9. The topological polar surface area (TPSA) is 41.6 Å². The highest BCUT2D eigenvalue weighted by Gasteiger charge is 2.41. The van der Waals surface area contributed by atoms with Crippen LogP contribution in [0.4, 0.5) is 5.69 Å². The summed E-state index contributed by atoms with van der Waals surface area (Å²) in [6.45, 7) is 0. The summed E-state index contributed by atoms with van der Waals surface area (Å²) in [5, 5.41) is 4.44. The highest BCUT2D eigenvalue weighted by Crippen LogP contribution is 2.39. The van der Waals surface area contributed by atoms with Gasteiger partial charge in [-0.15, -0.1) is 0 Å². The highest BCUT2D eigenvalue weighted by molar-refractivity contribution is 7.80. The zero-order valence-electron chi connectivity index (χ0n) is 12.1. The van der Waals surface area contributed by atoms with Gasteiger partial charge in [0.15, 0.2) is 5.11 Å². The maximum atomic E-state index is 12.9. The highest BCUT2D eigenvalue weighted by atomic mass is 35.5. The number of thiocarbonyl (C=S) groups is 1. The largest absolute Gasteiger partial charge is 0.495 e. The molecule has 1 saturated heterocycles. The number of hydrogen-bond donors (Lipinski definition) is 1. The molecule has 1 aromatic rings. The number of carbonyl (C=O) groups is 1. The third-order valence-corrected chi connectivity index (χ3v) is 5.18. The lowest BCUT2D eigenvalue weighted by atomic mass is 9.82. The first-order valence-corrected chi connectivity index (χ1v) is 8.37. The Morgan fingerprint density at radius 2 is 2.00 bits per heavy atom. The molecule has 2 atom stereocenters. The minimum absolute atomic E-state index is 0.000254. The van der Waals surface area contributed by atoms with E-state index in [0.29, 0.717) is 26.6 Å². The summed E-state index contributed by atoms with van der Waals surface area (Å²) in [7, 11) is 1.52. The Morgan fingerprint density at radius 3 is 2.73 bits per heavy atom. The van der Waals surface area contributed by atoms with Crippen LogP contribution >= 0.6 is 35.4 Å². The summed E-state index contributed by atoms with van der Waals surface area (Å²) in [5.41, 5.74) is 0.509. The molecule has 7 heteroatoms. The van der Waals surface area contributed by atoms with Crippen LogP contribution in [-0.4, -0.2) is 24.2 Å². The summed E-state index contributed by atoms with van der Waals surface area (Å²) in [6.07, 6.45) is 4.03. The quantitative estimate of drug-likeness (QED) is 0.816. The first-order valence-electron chi connectivity index (χ1n) is 7.20. The first-order chi connectivity index (χ1) is 10.5. The van der Waals surface area contributed by atoms with Crippen LogP contribution in [0.5, 0.6) is 5.75 Å². The van der Waals surface area contributed by atoms with Crippen molar-refractivity contribution in [1.29, 1.82) is 0 Å². The molecule has 0 aromatic heterocycles. The third kappa shape index (κ3) is 2.66. The summed E-state index contributed by atoms with van der Waals surface area (Å²) in [4.78, 5) is 14.3. The molecule has 1 aliphatic carbocycles. The predicted molar refractivity (Wildman–Crippen MR) is 92.0 cm³/mol. The molecule has 2 aliphatic rings. The van der Waals surface area contributed by atoms with Crippen LogP contribution in [0.1, 0.15) is 25.7 Å². The van der Waals surface area contributed by atoms with Gasteiger partial charge in [-0.2, -0.15) is 0 Å². The Labute approximate surface area is 144 Å². The second-order valence-corrected chi connectivity index (χ2v) is 6.76. The van der Waals surface area contributed by atoms with Crippen LogP contribution < -0.4 is 15.0 Å². The van der Waals surface area contributed by atoms with Crippen LogP contribution in [0, 0.1) is 5.92 Å². The van der Waals surface area contributed by atoms with Crippen molar-refractivity contribution in [2.75, 3.05) is 12.0 Å². The van der Waals surface area contributed by atoms with Gasteiger partial charge in [0.2, 0.25) is 5.91 Å². The molecule has 2 fully saturated rings. The molecule has 22 heavy (non-hydrogen) atoms. The standard InChI is InChI=1S/C15H16Cl2N2O2S/c1-21-13-7-12(9(16)6-10(13)17)19-14(20)8-4-2-3-5-11(8)18-15(19)22/h6-8,11H,2-5H2,1H3,(H,18,22). The molecular formula is C15H16Cl2N2O2S. The molecule has 0 radical (unpaired) electrons. The van der Waals surface area contributed by atoms with Crippen molar-refractivity contribution in [3.05, 3.63) is 22.2 Å². The monoisotopic (exact) mass is 358 g/mol. The van der Waals surface area contributed by atoms with Crippen molar-refractivity contribution < 1.29 is 9.53 Å². The number of benzene rings is 1. The summed E-state index contributed by atoms with van der Waals surface area (Å²) < 4.78 is 5.22. The molecule has 4 nitrogen and oxygen atoms in total. The van der Waals surface area contributed by atoms with Gasteiger partial charge in [-0.25, -0.2) is 0 Å². The maximum absolute atomic E-state index is 12.9. The van der Waals surface area contributed by atoms with Gasteiger partial charge in [0.1, 0.15) is 5.75 Å². The van der Waals surface area contributed by atoms with Crippen molar-refractivity contribution in [3.63, 3.8) is 0 Å². The van der Waals surface area contributed by atoms with Crippen LogP contribution in [0.15, 0.2) is 12.1 Å². The number of rotatable bonds is 2. The third-order valence-electron chi connectivity index (χ3n) is 4.28. The normalized spacial score (nSPS) is 24.8. The lowest BCUT2D eigenvalue weighted by Gasteiger charge is -2.41. The molecular weight excluding hydrogens is 343 g/mol. The van der Waals surface area contributed by atoms with Crippen molar-refractivity contribution >= 4 is 52.1 Å². The average Bonchev–Trinajstić information content (AvgIpc) is 2.49. The van der Waals surface area contributed by atoms with Crippen LogP contribution in [0.3, 0.4) is 0 Å². The van der Waals surface area contributed by atoms with E-state index in [1.807, 2.05) is 0 Å². The van der Waals surface area contributed by atoms with E-state index in [0.717, 1.165) is 25.7 Å². The Morgan fingerprint density at radius 1 is 1.27 bits per heavy atom. The molecule has 1 N–H and O–H groups in total. The number of halogens is 2. The second-order valence-electron chi connectivity index (χ2n) is 5.56. The van der Waals surface area contributed by atoms with Gasteiger partial charge < -0.3 is 10.1 Å². The minimum Gasteiger partial charge on any atom is -0.495 e. The molecule has 0 bridgehead atoms. The van der Waals surface area contributed by atoms with E-state index in [1.54, 1.807) is 12.1 Å². The summed E-state index contributed by atoms with van der Waals surface area (Å²) >= 11 is 17.7. The van der Waals surface area contributed by atoms with Gasteiger partial charge in [-0.05, 0) is 31.1 Å². The van der Waals surface area contributed by atoms with E-state index < -0.39 is 0 Å². The molecule has 3 rings (SSSR count). The Hall–Kier alpha value is -1.04. The molecule has 1 aliphatic heterocycles. The van der Waals surface area contributed by atoms with Gasteiger partial charge in [-0.3, -0.25) is 9.69 Å². The minimum atomic E-state index is -0.0572. The Bertz CT molecular complexity index is 638. The van der Waals surface area contributed by atoms with Gasteiger partial charge in [0.05, 0.1) is 28.8 Å². The van der Waals surface area contributed by atoms with Crippen molar-refractivity contribution in [2.45, 2.75) is 31.7 Å². The predicted octanol–water partition coefficient (Wildman–Crippen LogP) is 3.78. The Balaban J connectivity index is 2.00. The molecule has 2 unspecified atom stereocenters. The maximum Gasteiger partial charge on any atom is 0.238 e. The van der Waals surface area contributed by atoms with Crippen molar-refractivity contribution in [3.8, 4) is 5.75 Å². The smallest absolute Gasteiger partial charge is 0.238 e. The number of nitrogens with one attached hydrogen (secondary N) is 1. The van der Waals surface area contributed by atoms with Gasteiger partial charge in [0, 0.05) is 12.1 Å². The number of fused-ring (bicyclic) bond motifs is 1. The number of nitrogens with zero attached hydrogens (tertiary/aromatic N) is 1. The molecule has 118 valence electrons. The lowest BCUT2D eigenvalue weighted by molar-refractivity contribution is -0.123. The number of methoxy groups -OCH3 is 1. The van der Waals surface area contributed by atoms with Gasteiger partial charge in [-0.1, -0.05) is 36.0 Å². The number of carbonyl (C=O) groups excluding carboxylic acids is 1. The van der Waals surface area contributed by atoms with Crippen LogP contribution in [0.25, 0.3) is 0 Å². The fourth-order valence-corrected chi connectivity index (χ4v) is 4.05. The summed E-state index contributed by atoms with van der Waals surface area (Å²) in [6, 6.07) is 3.36. The van der Waals surface area contributed by atoms with Crippen molar-refractivity contribution in [2.24, 2.45) is 5.92 Å². The number of amides is 1. The molecule has 1 aromatic carbocycles. The van der Waals surface area contributed by atoms with E-state index in [-0.39, 0.29) is 17.9 Å². The zero-order valence-corrected chi connectivity index (χ0v) is 14.4. The molecule has 1 heterocycles. The number of hydrogen-bond acceptors (Lipinski definition) is 3. The van der Waals surface area contributed by atoms with Crippen LogP contribution in [0.2, 0.25) is 10.0 Å². The number of ether oxygens (including phenoxy) is 1. The van der Waals surface area contributed by atoms with E-state index >= 15 is 0 Å². The molecule has 0 spiro atoms. The average molecular weight is 359 g/mol. The van der Waals surface area contributed by atoms with Crippen molar-refractivity contribution in [1.82, 2.24) is 5.32 Å². The van der Waals surface area contributed by atoms with Crippen LogP contribution in [-0.2, 0) is 4.79 Å². The second kappa shape index (κ2) is 6.22. The first kappa shape index (κ1) is 15.8. The fraction of sp³-hybridized carbons (Fsp3) is 0.467. The SMILES string of the molecule is COc1cc(N2C(=O)C3CCCCC3NC2=S)c(Cl)cc1Cl. The van der Waals surface area contributed by atoms with E-state index in [1.165, 1.54) is 12.0 Å².